The SMILES string of the molecule is c1cc(-c2ccc(-c3cccc4c3oc3ccccc34)cc2)cc(-c2ccc3c4ccccc4c4ccccc4c3c2)c1. The molecule has 9 aromatic rings. The topological polar surface area (TPSA) is 13.1 Å². The molecule has 8 aromatic carbocycles. The zero-order valence-corrected chi connectivity index (χ0v) is 23.4. The van der Waals surface area contributed by atoms with Gasteiger partial charge in [-0.2, -0.15) is 0 Å². The molecule has 9 rings (SSSR count). The van der Waals surface area contributed by atoms with E-state index in [1.807, 2.05) is 12.1 Å². The maximum atomic E-state index is 6.30. The lowest BCUT2D eigenvalue weighted by atomic mass is 9.91. The highest BCUT2D eigenvalue weighted by Gasteiger charge is 2.13. The first kappa shape index (κ1) is 24.0. The predicted octanol–water partition coefficient (Wildman–Crippen LogP) is 12.0. The predicted molar refractivity (Wildman–Crippen MR) is 183 cm³/mol. The smallest absolute Gasteiger partial charge is 0.143 e. The fourth-order valence-electron chi connectivity index (χ4n) is 6.78. The van der Waals surface area contributed by atoms with Gasteiger partial charge in [-0.15, -0.1) is 0 Å². The highest BCUT2D eigenvalue weighted by atomic mass is 16.3. The zero-order chi connectivity index (χ0) is 28.3. The van der Waals surface area contributed by atoms with E-state index in [2.05, 4.69) is 146 Å². The summed E-state index contributed by atoms with van der Waals surface area (Å²) in [7, 11) is 0. The van der Waals surface area contributed by atoms with Crippen LogP contribution < -0.4 is 0 Å². The first-order valence-electron chi connectivity index (χ1n) is 14.8. The van der Waals surface area contributed by atoms with Gasteiger partial charge in [0.15, 0.2) is 0 Å². The van der Waals surface area contributed by atoms with Crippen molar-refractivity contribution in [2.75, 3.05) is 0 Å². The van der Waals surface area contributed by atoms with Crippen molar-refractivity contribution in [3.63, 3.8) is 0 Å². The van der Waals surface area contributed by atoms with Gasteiger partial charge < -0.3 is 4.42 Å². The van der Waals surface area contributed by atoms with Gasteiger partial charge in [-0.05, 0) is 78.3 Å². The maximum Gasteiger partial charge on any atom is 0.143 e. The average Bonchev–Trinajstić information content (AvgIpc) is 3.47. The molecule has 0 fully saturated rings. The number of furan rings is 1. The fourth-order valence-corrected chi connectivity index (χ4v) is 6.78. The van der Waals surface area contributed by atoms with Gasteiger partial charge in [-0.25, -0.2) is 0 Å². The van der Waals surface area contributed by atoms with Gasteiger partial charge in [-0.1, -0.05) is 140 Å². The molecule has 0 bridgehead atoms. The highest BCUT2D eigenvalue weighted by Crippen LogP contribution is 2.39. The van der Waals surface area contributed by atoms with E-state index in [0.29, 0.717) is 0 Å². The van der Waals surface area contributed by atoms with Gasteiger partial charge in [0, 0.05) is 16.3 Å². The number of hydrogen-bond acceptors (Lipinski definition) is 1. The van der Waals surface area contributed by atoms with E-state index in [9.17, 15) is 0 Å². The molecule has 1 aromatic heterocycles. The Morgan fingerprint density at radius 1 is 0.279 bits per heavy atom. The fraction of sp³-hybridized carbons (Fsp3) is 0. The molecule has 0 spiro atoms. The Bertz CT molecular complexity index is 2460. The van der Waals surface area contributed by atoms with E-state index in [4.69, 9.17) is 4.42 Å². The minimum absolute atomic E-state index is 0.924. The van der Waals surface area contributed by atoms with Gasteiger partial charge in [0.05, 0.1) is 0 Å². The lowest BCUT2D eigenvalue weighted by Crippen LogP contribution is -1.86. The van der Waals surface area contributed by atoms with Crippen molar-refractivity contribution < 1.29 is 4.42 Å². The third-order valence-electron chi connectivity index (χ3n) is 8.87. The van der Waals surface area contributed by atoms with E-state index < -0.39 is 0 Å². The molecular weight excluding hydrogens is 520 g/mol. The monoisotopic (exact) mass is 546 g/mol. The van der Waals surface area contributed by atoms with Crippen LogP contribution in [-0.4, -0.2) is 0 Å². The van der Waals surface area contributed by atoms with E-state index in [-0.39, 0.29) is 0 Å². The van der Waals surface area contributed by atoms with Gasteiger partial charge in [-0.3, -0.25) is 0 Å². The molecule has 1 heteroatoms. The van der Waals surface area contributed by atoms with Crippen LogP contribution in [0.25, 0.3) is 87.6 Å². The Hall–Kier alpha value is -5.66. The summed E-state index contributed by atoms with van der Waals surface area (Å²) in [5.74, 6) is 0. The summed E-state index contributed by atoms with van der Waals surface area (Å²) in [5, 5.41) is 10.1. The van der Waals surface area contributed by atoms with Crippen LogP contribution in [-0.2, 0) is 0 Å². The maximum absolute atomic E-state index is 6.30. The van der Waals surface area contributed by atoms with Crippen LogP contribution in [0, 0.1) is 0 Å². The highest BCUT2D eigenvalue weighted by molar-refractivity contribution is 6.25. The third kappa shape index (κ3) is 3.79. The molecule has 0 aliphatic rings. The van der Waals surface area contributed by atoms with E-state index in [0.717, 1.165) is 33.1 Å². The number of para-hydroxylation sites is 2. The van der Waals surface area contributed by atoms with E-state index >= 15 is 0 Å². The average molecular weight is 547 g/mol. The second-order valence-corrected chi connectivity index (χ2v) is 11.3. The van der Waals surface area contributed by atoms with E-state index in [1.54, 1.807) is 0 Å². The Balaban J connectivity index is 1.12. The van der Waals surface area contributed by atoms with Crippen LogP contribution in [0.5, 0.6) is 0 Å². The van der Waals surface area contributed by atoms with Crippen molar-refractivity contribution in [1.82, 2.24) is 0 Å². The summed E-state index contributed by atoms with van der Waals surface area (Å²) in [6.07, 6.45) is 0. The van der Waals surface area contributed by atoms with Crippen molar-refractivity contribution in [1.29, 1.82) is 0 Å². The van der Waals surface area contributed by atoms with Crippen LogP contribution in [0.4, 0.5) is 0 Å². The molecule has 0 unspecified atom stereocenters. The standard InChI is InChI=1S/C42H26O/c1-2-13-35-33(11-1)34-12-3-4-14-36(34)40-26-31(23-24-37(35)40)30-10-7-9-29(25-30)27-19-21-28(22-20-27)32-16-8-17-39-38-15-5-6-18-41(38)43-42(32)39/h1-26H. The third-order valence-corrected chi connectivity index (χ3v) is 8.87. The molecule has 1 heterocycles. The lowest BCUT2D eigenvalue weighted by Gasteiger charge is -2.12. The number of hydrogen-bond donors (Lipinski definition) is 0. The molecule has 0 radical (unpaired) electrons. The van der Waals surface area contributed by atoms with Crippen LogP contribution in [0.15, 0.2) is 162 Å². The van der Waals surface area contributed by atoms with Crippen molar-refractivity contribution >= 4 is 54.3 Å². The van der Waals surface area contributed by atoms with Gasteiger partial charge in [0.2, 0.25) is 0 Å². The van der Waals surface area contributed by atoms with Gasteiger partial charge in [0.25, 0.3) is 0 Å². The summed E-state index contributed by atoms with van der Waals surface area (Å²) < 4.78 is 6.30. The first-order chi connectivity index (χ1) is 21.3. The van der Waals surface area contributed by atoms with Crippen LogP contribution in [0.3, 0.4) is 0 Å². The van der Waals surface area contributed by atoms with Crippen molar-refractivity contribution in [3.8, 4) is 33.4 Å². The van der Waals surface area contributed by atoms with Crippen molar-refractivity contribution in [2.24, 2.45) is 0 Å². The summed E-state index contributed by atoms with van der Waals surface area (Å²) in [4.78, 5) is 0. The molecule has 200 valence electrons. The number of fused-ring (bicyclic) bond motifs is 9. The van der Waals surface area contributed by atoms with Crippen molar-refractivity contribution in [3.05, 3.63) is 158 Å². The molecule has 0 aliphatic carbocycles. The Morgan fingerprint density at radius 2 is 0.767 bits per heavy atom. The number of benzene rings is 8. The summed E-state index contributed by atoms with van der Waals surface area (Å²) in [6.45, 7) is 0. The Labute approximate surface area is 249 Å². The summed E-state index contributed by atoms with van der Waals surface area (Å²) in [5.41, 5.74) is 8.97. The van der Waals surface area contributed by atoms with E-state index in [1.165, 1.54) is 54.6 Å². The Kier molecular flexibility index (Phi) is 5.27. The molecular formula is C42H26O. The minimum atomic E-state index is 0.924. The van der Waals surface area contributed by atoms with Crippen LogP contribution in [0.2, 0.25) is 0 Å². The zero-order valence-electron chi connectivity index (χ0n) is 23.4. The molecule has 0 aliphatic heterocycles. The molecule has 0 saturated heterocycles. The summed E-state index contributed by atoms with van der Waals surface area (Å²) >= 11 is 0. The Morgan fingerprint density at radius 3 is 1.49 bits per heavy atom. The van der Waals surface area contributed by atoms with Crippen molar-refractivity contribution in [2.45, 2.75) is 0 Å². The number of rotatable bonds is 3. The quantitative estimate of drug-likeness (QED) is 0.201. The minimum Gasteiger partial charge on any atom is -0.455 e. The van der Waals surface area contributed by atoms with Crippen LogP contribution in [0.1, 0.15) is 0 Å². The molecule has 0 N–H and O–H groups in total. The first-order valence-corrected chi connectivity index (χ1v) is 14.8. The van der Waals surface area contributed by atoms with Crippen LogP contribution >= 0.6 is 0 Å². The molecule has 0 atom stereocenters. The molecule has 0 amide bonds. The molecule has 0 saturated carbocycles. The summed E-state index contributed by atoms with van der Waals surface area (Å²) in [6, 6.07) is 56.8. The largest absolute Gasteiger partial charge is 0.455 e. The van der Waals surface area contributed by atoms with Gasteiger partial charge >= 0.3 is 0 Å². The molecule has 1 nitrogen and oxygen atoms in total. The second-order valence-electron chi connectivity index (χ2n) is 11.3. The molecule has 43 heavy (non-hydrogen) atoms. The van der Waals surface area contributed by atoms with Gasteiger partial charge in [0.1, 0.15) is 11.2 Å². The normalized spacial score (nSPS) is 11.7. The lowest BCUT2D eigenvalue weighted by molar-refractivity contribution is 0.670. The second kappa shape index (κ2) is 9.44.